The van der Waals surface area contributed by atoms with Crippen LogP contribution in [-0.4, -0.2) is 15.3 Å². The van der Waals surface area contributed by atoms with Crippen molar-refractivity contribution in [1.82, 2.24) is 9.55 Å². The van der Waals surface area contributed by atoms with E-state index in [0.29, 0.717) is 35.8 Å². The molecule has 176 valence electrons. The zero-order valence-electron chi connectivity index (χ0n) is 18.3. The van der Waals surface area contributed by atoms with Crippen molar-refractivity contribution in [3.63, 3.8) is 0 Å². The van der Waals surface area contributed by atoms with Gasteiger partial charge < -0.3 is 4.57 Å². The van der Waals surface area contributed by atoms with Crippen molar-refractivity contribution in [1.29, 1.82) is 5.26 Å². The first-order valence-electron chi connectivity index (χ1n) is 10.9. The van der Waals surface area contributed by atoms with E-state index in [1.54, 1.807) is 52.3 Å². The van der Waals surface area contributed by atoms with Gasteiger partial charge in [0.25, 0.3) is 0 Å². The summed E-state index contributed by atoms with van der Waals surface area (Å²) in [5, 5.41) is 10.4. The molecule has 35 heavy (non-hydrogen) atoms. The number of rotatable bonds is 3. The summed E-state index contributed by atoms with van der Waals surface area (Å²) in [7, 11) is 0. The number of aromatic nitrogens is 2. The Morgan fingerprint density at radius 3 is 2.51 bits per heavy atom. The van der Waals surface area contributed by atoms with Gasteiger partial charge in [-0.15, -0.1) is 0 Å². The van der Waals surface area contributed by atoms with Crippen LogP contribution >= 0.6 is 15.9 Å². The minimum Gasteiger partial charge on any atom is -0.309 e. The molecule has 0 unspecified atom stereocenters. The highest BCUT2D eigenvalue weighted by Gasteiger charge is 2.42. The minimum atomic E-state index is -4.55. The van der Waals surface area contributed by atoms with Crippen LogP contribution in [0.25, 0.3) is 5.82 Å². The number of halogens is 4. The quantitative estimate of drug-likeness (QED) is 0.373. The highest BCUT2D eigenvalue weighted by Crippen LogP contribution is 2.49. The maximum Gasteiger partial charge on any atom is 0.416 e. The molecule has 0 fully saturated rings. The Hall–Kier alpha value is -3.64. The van der Waals surface area contributed by atoms with Crippen molar-refractivity contribution >= 4 is 33.4 Å². The van der Waals surface area contributed by atoms with E-state index >= 15 is 0 Å². The van der Waals surface area contributed by atoms with Crippen LogP contribution in [0.2, 0.25) is 0 Å². The number of alkyl halides is 3. The van der Waals surface area contributed by atoms with E-state index in [4.69, 9.17) is 0 Å². The van der Waals surface area contributed by atoms with Gasteiger partial charge in [0.15, 0.2) is 5.78 Å². The lowest BCUT2D eigenvalue weighted by molar-refractivity contribution is -0.137. The predicted molar refractivity (Wildman–Crippen MR) is 128 cm³/mol. The molecule has 3 aromatic rings. The van der Waals surface area contributed by atoms with Gasteiger partial charge in [0.1, 0.15) is 11.6 Å². The van der Waals surface area contributed by atoms with Crippen molar-refractivity contribution in [2.24, 2.45) is 0 Å². The summed E-state index contributed by atoms with van der Waals surface area (Å²) in [4.78, 5) is 19.6. The van der Waals surface area contributed by atoms with E-state index in [9.17, 15) is 23.2 Å². The molecule has 0 N–H and O–H groups in total. The number of allylic oxidation sites excluding steroid dienone is 3. The third kappa shape index (κ3) is 4.08. The Kier molecular flexibility index (Phi) is 5.85. The molecule has 1 aliphatic carbocycles. The number of ketones is 1. The molecule has 0 saturated carbocycles. The number of benzene rings is 1. The van der Waals surface area contributed by atoms with Crippen molar-refractivity contribution in [2.75, 3.05) is 4.90 Å². The van der Waals surface area contributed by atoms with Crippen molar-refractivity contribution < 1.29 is 18.0 Å². The van der Waals surface area contributed by atoms with Gasteiger partial charge in [-0.2, -0.15) is 18.4 Å². The Balaban J connectivity index is 1.82. The van der Waals surface area contributed by atoms with Crippen LogP contribution in [0.1, 0.15) is 36.3 Å². The van der Waals surface area contributed by atoms with E-state index < -0.39 is 17.7 Å². The highest BCUT2D eigenvalue weighted by molar-refractivity contribution is 9.10. The van der Waals surface area contributed by atoms with Gasteiger partial charge in [-0.1, -0.05) is 18.2 Å². The van der Waals surface area contributed by atoms with Crippen molar-refractivity contribution in [3.05, 3.63) is 99.6 Å². The van der Waals surface area contributed by atoms with E-state index in [0.717, 1.165) is 16.6 Å². The Morgan fingerprint density at radius 1 is 1.09 bits per heavy atom. The second-order valence-corrected chi connectivity index (χ2v) is 9.22. The number of carbonyl (C=O) groups excluding carboxylic acids is 1. The second kappa shape index (κ2) is 8.86. The van der Waals surface area contributed by atoms with Gasteiger partial charge in [-0.05, 0) is 64.7 Å². The molecule has 0 radical (unpaired) electrons. The van der Waals surface area contributed by atoms with E-state index in [2.05, 4.69) is 27.0 Å². The first kappa shape index (κ1) is 23.1. The molecule has 1 aliphatic heterocycles. The number of nitriles is 1. The number of pyridine rings is 1. The summed E-state index contributed by atoms with van der Waals surface area (Å²) in [5.41, 5.74) is 0.623. The summed E-state index contributed by atoms with van der Waals surface area (Å²) >= 11 is 3.38. The zero-order chi connectivity index (χ0) is 24.7. The number of hydrogen-bond acceptors (Lipinski definition) is 4. The van der Waals surface area contributed by atoms with Crippen LogP contribution in [0.15, 0.2) is 88.4 Å². The minimum absolute atomic E-state index is 0.171. The fourth-order valence-corrected chi connectivity index (χ4v) is 4.98. The smallest absolute Gasteiger partial charge is 0.309 e. The fraction of sp³-hybridized carbons (Fsp3) is 0.192. The molecule has 0 saturated heterocycles. The maximum atomic E-state index is 13.6. The van der Waals surface area contributed by atoms with E-state index in [-0.39, 0.29) is 23.3 Å². The topological polar surface area (TPSA) is 61.9 Å². The molecular formula is C26H18BrF3N4O. The number of anilines is 1. The second-order valence-electron chi connectivity index (χ2n) is 8.30. The van der Waals surface area contributed by atoms with Gasteiger partial charge in [0.05, 0.1) is 23.1 Å². The third-order valence-electron chi connectivity index (χ3n) is 6.19. The molecule has 0 bridgehead atoms. The number of nitrogens with zero attached hydrogens (tertiary/aromatic N) is 4. The summed E-state index contributed by atoms with van der Waals surface area (Å²) in [6.07, 6.45) is 1.99. The van der Waals surface area contributed by atoms with Crippen molar-refractivity contribution in [3.8, 4) is 6.07 Å². The summed E-state index contributed by atoms with van der Waals surface area (Å²) in [5.74, 6) is -0.137. The third-order valence-corrected chi connectivity index (χ3v) is 6.66. The largest absolute Gasteiger partial charge is 0.416 e. The molecule has 0 amide bonds. The molecule has 1 atom stereocenters. The van der Waals surface area contributed by atoms with Crippen LogP contribution in [0.3, 0.4) is 0 Å². The normalized spacial score (nSPS) is 18.5. The Morgan fingerprint density at radius 2 is 1.86 bits per heavy atom. The van der Waals surface area contributed by atoms with Crippen molar-refractivity contribution in [2.45, 2.75) is 31.4 Å². The number of Topliss-reactive ketones (excluding diaryl/α,β-unsaturated/α-hetero) is 1. The summed E-state index contributed by atoms with van der Waals surface area (Å²) < 4.78 is 43.2. The lowest BCUT2D eigenvalue weighted by atomic mass is 9.75. The Labute approximate surface area is 207 Å². The van der Waals surface area contributed by atoms with Gasteiger partial charge >= 0.3 is 6.18 Å². The monoisotopic (exact) mass is 538 g/mol. The highest BCUT2D eigenvalue weighted by atomic mass is 79.9. The molecule has 1 aromatic carbocycles. The fourth-order valence-electron chi connectivity index (χ4n) is 4.75. The van der Waals surface area contributed by atoms with E-state index in [1.165, 1.54) is 6.07 Å². The van der Waals surface area contributed by atoms with Gasteiger partial charge in [-0.25, -0.2) is 4.98 Å². The standard InChI is InChI=1S/C26H18BrF3N4O/c27-18-9-10-22(32-15-18)34-20-7-4-8-21(35)24(20)23(16-5-3-6-17(13-16)26(28,29)30)19(14-31)25(34)33-11-1-2-12-33/h1-3,5-6,9-13,15,23H,4,7-8H2/t23-/m0/s1. The van der Waals surface area contributed by atoms with Crippen LogP contribution in [0.4, 0.5) is 19.0 Å². The molecule has 5 rings (SSSR count). The SMILES string of the molecule is N#CC1=C(n2cccc2)N(c2ccc(Br)cn2)C2=C(C(=O)CCC2)[C@H]1c1cccc(C(F)(F)F)c1. The van der Waals surface area contributed by atoms with Crippen LogP contribution in [0, 0.1) is 11.3 Å². The summed E-state index contributed by atoms with van der Waals surface area (Å²) in [6.45, 7) is 0. The lowest BCUT2D eigenvalue weighted by Gasteiger charge is -2.40. The van der Waals surface area contributed by atoms with Crippen LogP contribution in [0.5, 0.6) is 0 Å². The zero-order valence-corrected chi connectivity index (χ0v) is 19.8. The van der Waals surface area contributed by atoms with Crippen LogP contribution in [-0.2, 0) is 11.0 Å². The first-order chi connectivity index (χ1) is 16.8. The Bertz CT molecular complexity index is 1400. The maximum absolute atomic E-state index is 13.6. The molecular weight excluding hydrogens is 521 g/mol. The molecule has 0 spiro atoms. The first-order valence-corrected chi connectivity index (χ1v) is 11.7. The average molecular weight is 539 g/mol. The lowest BCUT2D eigenvalue weighted by Crippen LogP contribution is -2.37. The molecule has 2 aliphatic rings. The van der Waals surface area contributed by atoms with Gasteiger partial charge in [-0.3, -0.25) is 9.69 Å². The average Bonchev–Trinajstić information content (AvgIpc) is 3.37. The summed E-state index contributed by atoms with van der Waals surface area (Å²) in [6, 6.07) is 14.3. The van der Waals surface area contributed by atoms with E-state index in [1.807, 2.05) is 6.07 Å². The number of hydrogen-bond donors (Lipinski definition) is 0. The van der Waals surface area contributed by atoms with Gasteiger partial charge in [0, 0.05) is 40.8 Å². The molecule has 3 heterocycles. The molecule has 5 nitrogen and oxygen atoms in total. The molecule has 9 heteroatoms. The predicted octanol–water partition coefficient (Wildman–Crippen LogP) is 6.67. The van der Waals surface area contributed by atoms with Crippen LogP contribution < -0.4 is 4.90 Å². The molecule has 2 aromatic heterocycles. The number of carbonyl (C=O) groups is 1. The van der Waals surface area contributed by atoms with Gasteiger partial charge in [0.2, 0.25) is 0 Å².